The fourth-order valence-corrected chi connectivity index (χ4v) is 4.23. The van der Waals surface area contributed by atoms with Gasteiger partial charge < -0.3 is 10.1 Å². The Labute approximate surface area is 178 Å². The normalized spacial score (nSPS) is 18.5. The molecule has 1 fully saturated rings. The molecule has 2 heterocycles. The average Bonchev–Trinajstić information content (AvgIpc) is 3.40. The van der Waals surface area contributed by atoms with Gasteiger partial charge in [-0.2, -0.15) is 0 Å². The highest BCUT2D eigenvalue weighted by atomic mass is 32.2. The van der Waals surface area contributed by atoms with Crippen LogP contribution in [0.1, 0.15) is 85.1 Å². The van der Waals surface area contributed by atoms with E-state index < -0.39 is 0 Å². The van der Waals surface area contributed by atoms with Crippen molar-refractivity contribution in [3.05, 3.63) is 0 Å². The molecule has 0 aromatic carbocycles. The van der Waals surface area contributed by atoms with E-state index in [2.05, 4.69) is 29.5 Å². The molecule has 0 saturated heterocycles. The molecule has 8 heteroatoms. The van der Waals surface area contributed by atoms with Gasteiger partial charge in [0.25, 0.3) is 0 Å². The van der Waals surface area contributed by atoms with E-state index in [9.17, 15) is 4.79 Å². The highest BCUT2D eigenvalue weighted by molar-refractivity contribution is 7.99. The summed E-state index contributed by atoms with van der Waals surface area (Å²) in [4.78, 5) is 20.6. The van der Waals surface area contributed by atoms with E-state index in [1.54, 1.807) is 11.8 Å². The van der Waals surface area contributed by atoms with Crippen molar-refractivity contribution in [3.8, 4) is 0 Å². The van der Waals surface area contributed by atoms with Crippen molar-refractivity contribution in [1.29, 1.82) is 0 Å². The maximum Gasteiger partial charge on any atom is 0.191 e. The lowest BCUT2D eigenvalue weighted by atomic mass is 10.1. The van der Waals surface area contributed by atoms with Gasteiger partial charge in [-0.15, -0.1) is 5.10 Å². The molecule has 0 spiro atoms. The summed E-state index contributed by atoms with van der Waals surface area (Å²) in [6, 6.07) is 0.196. The molecule has 3 rings (SSSR count). The van der Waals surface area contributed by atoms with E-state index >= 15 is 0 Å². The number of carbonyl (C=O) groups is 1. The average molecular weight is 421 g/mol. The third-order valence-electron chi connectivity index (χ3n) is 5.05. The summed E-state index contributed by atoms with van der Waals surface area (Å²) in [6.07, 6.45) is 9.66. The second-order valence-electron chi connectivity index (χ2n) is 7.26. The van der Waals surface area contributed by atoms with Gasteiger partial charge in [0.2, 0.25) is 0 Å². The number of thioether (sulfide) groups is 1. The van der Waals surface area contributed by atoms with E-state index in [1.165, 1.54) is 19.3 Å². The van der Waals surface area contributed by atoms with Gasteiger partial charge in [0.05, 0.1) is 6.04 Å². The molecule has 0 amide bonds. The summed E-state index contributed by atoms with van der Waals surface area (Å²) in [5.74, 6) is 1.90. The van der Waals surface area contributed by atoms with Gasteiger partial charge in [-0.3, -0.25) is 0 Å². The molecule has 0 bridgehead atoms. The molecule has 1 saturated carbocycles. The SMILES string of the molecule is CC.CCCCCCNc1nc(SCCC)nc2c1nnn2[C@H]1CC[C@@H](C=O)C1. The summed E-state index contributed by atoms with van der Waals surface area (Å²) < 4.78 is 1.92. The number of anilines is 1. The van der Waals surface area contributed by atoms with E-state index in [4.69, 9.17) is 9.97 Å². The van der Waals surface area contributed by atoms with Gasteiger partial charge in [-0.1, -0.05) is 63.9 Å². The van der Waals surface area contributed by atoms with Crippen LogP contribution in [0.5, 0.6) is 0 Å². The number of nitrogens with one attached hydrogen (secondary N) is 1. The number of unbranched alkanes of at least 4 members (excludes halogenated alkanes) is 3. The van der Waals surface area contributed by atoms with E-state index in [-0.39, 0.29) is 12.0 Å². The van der Waals surface area contributed by atoms with Crippen LogP contribution < -0.4 is 5.32 Å². The zero-order valence-electron chi connectivity index (χ0n) is 18.4. The Morgan fingerprint density at radius 1 is 1.14 bits per heavy atom. The van der Waals surface area contributed by atoms with Gasteiger partial charge >= 0.3 is 0 Å². The molecule has 1 N–H and O–H groups in total. The quantitative estimate of drug-likeness (QED) is 0.229. The van der Waals surface area contributed by atoms with Crippen molar-refractivity contribution >= 4 is 35.0 Å². The molecule has 0 aliphatic heterocycles. The minimum Gasteiger partial charge on any atom is -0.368 e. The number of hydrogen-bond donors (Lipinski definition) is 1. The summed E-state index contributed by atoms with van der Waals surface area (Å²) in [5, 5.41) is 13.0. The smallest absolute Gasteiger partial charge is 0.191 e. The van der Waals surface area contributed by atoms with E-state index in [0.717, 1.165) is 72.8 Å². The number of aldehydes is 1. The van der Waals surface area contributed by atoms with Crippen molar-refractivity contribution in [2.75, 3.05) is 17.6 Å². The molecule has 2 atom stereocenters. The highest BCUT2D eigenvalue weighted by Gasteiger charge is 2.29. The lowest BCUT2D eigenvalue weighted by molar-refractivity contribution is -0.110. The predicted octanol–water partition coefficient (Wildman–Crippen LogP) is 5.28. The Morgan fingerprint density at radius 3 is 2.66 bits per heavy atom. The Balaban J connectivity index is 0.00000145. The van der Waals surface area contributed by atoms with Crippen LogP contribution in [0.4, 0.5) is 5.82 Å². The molecule has 0 unspecified atom stereocenters. The van der Waals surface area contributed by atoms with Crippen LogP contribution in [0, 0.1) is 5.92 Å². The molecule has 162 valence electrons. The predicted molar refractivity (Wildman–Crippen MR) is 121 cm³/mol. The van der Waals surface area contributed by atoms with Gasteiger partial charge in [0.1, 0.15) is 6.29 Å². The minimum absolute atomic E-state index is 0.126. The zero-order chi connectivity index (χ0) is 21.1. The Hall–Kier alpha value is -1.70. The fourth-order valence-electron chi connectivity index (χ4n) is 3.53. The second kappa shape index (κ2) is 12.8. The lowest BCUT2D eigenvalue weighted by Gasteiger charge is -2.11. The number of fused-ring (bicyclic) bond motifs is 1. The van der Waals surface area contributed by atoms with Crippen molar-refractivity contribution in [2.45, 2.75) is 90.3 Å². The number of aromatic nitrogens is 5. The topological polar surface area (TPSA) is 85.6 Å². The summed E-state index contributed by atoms with van der Waals surface area (Å²) >= 11 is 1.67. The van der Waals surface area contributed by atoms with Gasteiger partial charge in [-0.25, -0.2) is 14.6 Å². The maximum atomic E-state index is 11.1. The van der Waals surface area contributed by atoms with Crippen molar-refractivity contribution in [1.82, 2.24) is 25.0 Å². The molecule has 1 aliphatic rings. The first kappa shape index (κ1) is 23.6. The Morgan fingerprint density at radius 2 is 1.97 bits per heavy atom. The van der Waals surface area contributed by atoms with E-state index in [1.807, 2.05) is 18.5 Å². The maximum absolute atomic E-state index is 11.1. The molecule has 2 aromatic rings. The Bertz CT molecular complexity index is 750. The summed E-state index contributed by atoms with van der Waals surface area (Å²) in [7, 11) is 0. The summed E-state index contributed by atoms with van der Waals surface area (Å²) in [5.41, 5.74) is 1.53. The molecule has 7 nitrogen and oxygen atoms in total. The second-order valence-corrected chi connectivity index (χ2v) is 8.32. The molecule has 0 radical (unpaired) electrons. The third kappa shape index (κ3) is 6.39. The van der Waals surface area contributed by atoms with Gasteiger partial charge in [0.15, 0.2) is 22.1 Å². The van der Waals surface area contributed by atoms with Crippen LogP contribution in [0.2, 0.25) is 0 Å². The minimum atomic E-state index is 0.126. The standard InChI is InChI=1S/C19H30N6OS.C2H6/c1-3-5-6-7-10-20-17-16-18(22-19(21-17)27-11-4-2)25(24-23-16)15-9-8-14(12-15)13-26;1-2/h13-15H,3-12H2,1-2H3,(H,20,21,22);1-2H3/t14-,15+;/m1./s1. The van der Waals surface area contributed by atoms with Crippen LogP contribution in [-0.2, 0) is 4.79 Å². The first-order valence-corrected chi connectivity index (χ1v) is 12.2. The molecular formula is C21H36N6OS. The number of nitrogens with zero attached hydrogens (tertiary/aromatic N) is 5. The third-order valence-corrected chi connectivity index (χ3v) is 6.10. The first-order valence-electron chi connectivity index (χ1n) is 11.2. The molecule has 2 aromatic heterocycles. The van der Waals surface area contributed by atoms with Gasteiger partial charge in [-0.05, 0) is 32.1 Å². The zero-order valence-corrected chi connectivity index (χ0v) is 19.2. The monoisotopic (exact) mass is 420 g/mol. The van der Waals surface area contributed by atoms with Crippen LogP contribution >= 0.6 is 11.8 Å². The van der Waals surface area contributed by atoms with Crippen LogP contribution in [0.3, 0.4) is 0 Å². The molecular weight excluding hydrogens is 384 g/mol. The van der Waals surface area contributed by atoms with E-state index in [0.29, 0.717) is 0 Å². The number of rotatable bonds is 11. The first-order chi connectivity index (χ1) is 14.3. The molecule has 29 heavy (non-hydrogen) atoms. The number of hydrogen-bond acceptors (Lipinski definition) is 7. The number of carbonyl (C=O) groups excluding carboxylic acids is 1. The fraction of sp³-hybridized carbons (Fsp3) is 0.762. The highest BCUT2D eigenvalue weighted by Crippen LogP contribution is 2.35. The van der Waals surface area contributed by atoms with Crippen molar-refractivity contribution < 1.29 is 4.79 Å². The Kier molecular flexibility index (Phi) is 10.4. The largest absolute Gasteiger partial charge is 0.368 e. The summed E-state index contributed by atoms with van der Waals surface area (Å²) in [6.45, 7) is 9.25. The van der Waals surface area contributed by atoms with Crippen molar-refractivity contribution in [3.63, 3.8) is 0 Å². The van der Waals surface area contributed by atoms with Gasteiger partial charge in [0, 0.05) is 18.2 Å². The van der Waals surface area contributed by atoms with Crippen LogP contribution in [-0.4, -0.2) is 43.5 Å². The van der Waals surface area contributed by atoms with Crippen LogP contribution in [0.15, 0.2) is 5.16 Å². The molecule has 1 aliphatic carbocycles. The van der Waals surface area contributed by atoms with Crippen LogP contribution in [0.25, 0.3) is 11.2 Å². The lowest BCUT2D eigenvalue weighted by Crippen LogP contribution is -2.10. The van der Waals surface area contributed by atoms with Crippen molar-refractivity contribution in [2.24, 2.45) is 5.92 Å².